The molecular weight excluding hydrogens is 287 g/mol. The molecule has 2 N–H and O–H groups in total. The van der Waals surface area contributed by atoms with Crippen molar-refractivity contribution in [2.75, 3.05) is 0 Å². The van der Waals surface area contributed by atoms with Gasteiger partial charge in [0.1, 0.15) is 0 Å². The van der Waals surface area contributed by atoms with Gasteiger partial charge in [-0.1, -0.05) is 18.2 Å². The molecule has 21 heavy (non-hydrogen) atoms. The van der Waals surface area contributed by atoms with Gasteiger partial charge in [-0.25, -0.2) is 4.79 Å². The maximum absolute atomic E-state index is 13.0. The maximum Gasteiger partial charge on any atom is 0.416 e. The third-order valence-electron chi connectivity index (χ3n) is 2.89. The first-order chi connectivity index (χ1) is 9.82. The molecule has 1 heterocycles. The van der Waals surface area contributed by atoms with Gasteiger partial charge in [0.15, 0.2) is 6.10 Å². The van der Waals surface area contributed by atoms with Crippen LogP contribution in [0.1, 0.15) is 17.2 Å². The number of hydrogen-bond acceptors (Lipinski definition) is 3. The molecule has 2 rings (SSSR count). The zero-order valence-electron chi connectivity index (χ0n) is 10.5. The van der Waals surface area contributed by atoms with E-state index in [0.717, 1.165) is 12.1 Å². The Morgan fingerprint density at radius 1 is 1.19 bits per heavy atom. The Hall–Kier alpha value is -2.41. The summed E-state index contributed by atoms with van der Waals surface area (Å²) in [5.74, 6) is -1.75. The first-order valence-corrected chi connectivity index (χ1v) is 5.83. The Morgan fingerprint density at radius 3 is 2.43 bits per heavy atom. The number of aromatic nitrogens is 1. The number of carboxylic acids is 1. The smallest absolute Gasteiger partial charge is 0.416 e. The molecule has 0 amide bonds. The van der Waals surface area contributed by atoms with Crippen LogP contribution in [-0.4, -0.2) is 21.2 Å². The number of nitrogens with zero attached hydrogens (tertiary/aromatic N) is 1. The summed E-state index contributed by atoms with van der Waals surface area (Å²) in [6.45, 7) is 0. The van der Waals surface area contributed by atoms with Crippen molar-refractivity contribution in [3.63, 3.8) is 0 Å². The zero-order chi connectivity index (χ0) is 15.6. The molecular formula is C14H10F3NO3. The number of rotatable bonds is 3. The second-order valence-electron chi connectivity index (χ2n) is 4.25. The summed E-state index contributed by atoms with van der Waals surface area (Å²) in [5, 5.41) is 18.5. The monoisotopic (exact) mass is 297 g/mol. The molecule has 0 aliphatic heterocycles. The van der Waals surface area contributed by atoms with Crippen LogP contribution < -0.4 is 0 Å². The van der Waals surface area contributed by atoms with E-state index in [1.165, 1.54) is 30.6 Å². The highest BCUT2D eigenvalue weighted by atomic mass is 19.4. The number of carboxylic acid groups (broad SMARTS) is 1. The van der Waals surface area contributed by atoms with Crippen LogP contribution in [0.2, 0.25) is 0 Å². The number of aliphatic hydroxyl groups is 1. The lowest BCUT2D eigenvalue weighted by Gasteiger charge is -2.19. The number of hydrogen-bond donors (Lipinski definition) is 2. The Labute approximate surface area is 117 Å². The van der Waals surface area contributed by atoms with Crippen LogP contribution >= 0.6 is 0 Å². The molecule has 4 nitrogen and oxygen atoms in total. The number of alkyl halides is 3. The first-order valence-electron chi connectivity index (χ1n) is 5.83. The van der Waals surface area contributed by atoms with E-state index < -0.39 is 29.4 Å². The van der Waals surface area contributed by atoms with E-state index in [2.05, 4.69) is 4.98 Å². The van der Waals surface area contributed by atoms with E-state index in [0.29, 0.717) is 5.56 Å². The van der Waals surface area contributed by atoms with Crippen molar-refractivity contribution < 1.29 is 28.2 Å². The van der Waals surface area contributed by atoms with Crippen molar-refractivity contribution in [2.45, 2.75) is 12.3 Å². The summed E-state index contributed by atoms with van der Waals surface area (Å²) < 4.78 is 39.1. The van der Waals surface area contributed by atoms with Crippen molar-refractivity contribution in [3.8, 4) is 11.1 Å². The number of aliphatic hydroxyl groups excluding tert-OH is 1. The molecule has 1 aromatic carbocycles. The van der Waals surface area contributed by atoms with Gasteiger partial charge in [0.05, 0.1) is 5.56 Å². The molecule has 0 spiro atoms. The summed E-state index contributed by atoms with van der Waals surface area (Å²) in [7, 11) is 0. The quantitative estimate of drug-likeness (QED) is 0.914. The summed E-state index contributed by atoms with van der Waals surface area (Å²) in [5.41, 5.74) is -1.60. The number of halogens is 3. The number of aliphatic carboxylic acids is 1. The van der Waals surface area contributed by atoms with Crippen LogP contribution in [0, 0.1) is 0 Å². The van der Waals surface area contributed by atoms with Crippen molar-refractivity contribution in [1.29, 1.82) is 0 Å². The maximum atomic E-state index is 13.0. The number of pyridine rings is 1. The Morgan fingerprint density at radius 2 is 1.90 bits per heavy atom. The fourth-order valence-corrected chi connectivity index (χ4v) is 2.00. The minimum atomic E-state index is -4.77. The molecule has 0 aliphatic rings. The molecule has 110 valence electrons. The minimum absolute atomic E-state index is 0.0205. The van der Waals surface area contributed by atoms with Gasteiger partial charge in [-0.2, -0.15) is 13.2 Å². The molecule has 1 unspecified atom stereocenters. The van der Waals surface area contributed by atoms with E-state index in [4.69, 9.17) is 5.11 Å². The topological polar surface area (TPSA) is 70.4 Å². The fourth-order valence-electron chi connectivity index (χ4n) is 2.00. The van der Waals surface area contributed by atoms with Gasteiger partial charge in [-0.05, 0) is 17.7 Å². The van der Waals surface area contributed by atoms with Crippen LogP contribution in [-0.2, 0) is 11.0 Å². The van der Waals surface area contributed by atoms with Crippen LogP contribution in [0.3, 0.4) is 0 Å². The molecule has 1 atom stereocenters. The van der Waals surface area contributed by atoms with Crippen LogP contribution in [0.15, 0.2) is 42.7 Å². The van der Waals surface area contributed by atoms with Crippen LogP contribution in [0.5, 0.6) is 0 Å². The van der Waals surface area contributed by atoms with Crippen molar-refractivity contribution in [3.05, 3.63) is 53.9 Å². The lowest BCUT2D eigenvalue weighted by molar-refractivity contribution is -0.149. The highest BCUT2D eigenvalue weighted by molar-refractivity contribution is 5.80. The molecule has 0 radical (unpaired) electrons. The predicted molar refractivity (Wildman–Crippen MR) is 67.3 cm³/mol. The summed E-state index contributed by atoms with van der Waals surface area (Å²) in [6, 6.07) is 6.20. The Kier molecular flexibility index (Phi) is 3.95. The van der Waals surface area contributed by atoms with E-state index in [1.807, 2.05) is 0 Å². The highest BCUT2D eigenvalue weighted by Crippen LogP contribution is 2.39. The zero-order valence-corrected chi connectivity index (χ0v) is 10.5. The second kappa shape index (κ2) is 5.53. The largest absolute Gasteiger partial charge is 0.479 e. The lowest BCUT2D eigenvalue weighted by atomic mass is 9.92. The van der Waals surface area contributed by atoms with Crippen molar-refractivity contribution in [1.82, 2.24) is 4.98 Å². The third-order valence-corrected chi connectivity index (χ3v) is 2.89. The van der Waals surface area contributed by atoms with Gasteiger partial charge in [-0.15, -0.1) is 0 Å². The SMILES string of the molecule is O=C(O)C(O)c1c(-c2cccnc2)cccc1C(F)(F)F. The Bertz CT molecular complexity index is 656. The van der Waals surface area contributed by atoms with E-state index in [1.54, 1.807) is 0 Å². The molecule has 0 saturated heterocycles. The van der Waals surface area contributed by atoms with Gasteiger partial charge in [-0.3, -0.25) is 4.98 Å². The molecule has 7 heteroatoms. The average molecular weight is 297 g/mol. The first kappa shape index (κ1) is 15.0. The number of carbonyl (C=O) groups is 1. The Balaban J connectivity index is 2.74. The van der Waals surface area contributed by atoms with Gasteiger partial charge < -0.3 is 10.2 Å². The third kappa shape index (κ3) is 3.03. The highest BCUT2D eigenvalue weighted by Gasteiger charge is 2.38. The van der Waals surface area contributed by atoms with Gasteiger partial charge >= 0.3 is 12.1 Å². The van der Waals surface area contributed by atoms with Crippen LogP contribution in [0.4, 0.5) is 13.2 Å². The minimum Gasteiger partial charge on any atom is -0.479 e. The second-order valence-corrected chi connectivity index (χ2v) is 4.25. The fraction of sp³-hybridized carbons (Fsp3) is 0.143. The summed E-state index contributed by atoms with van der Waals surface area (Å²) in [6.07, 6.45) is -4.32. The molecule has 0 fully saturated rings. The predicted octanol–water partition coefficient (Wildman–Crippen LogP) is 2.89. The standard InChI is InChI=1S/C14H10F3NO3/c15-14(16,17)10-5-1-4-9(8-3-2-6-18-7-8)11(10)12(19)13(20)21/h1-7,12,19H,(H,20,21). The normalized spacial score (nSPS) is 13.0. The average Bonchev–Trinajstić information content (AvgIpc) is 2.45. The van der Waals surface area contributed by atoms with E-state index in [9.17, 15) is 23.1 Å². The summed E-state index contributed by atoms with van der Waals surface area (Å²) >= 11 is 0. The van der Waals surface area contributed by atoms with Crippen molar-refractivity contribution >= 4 is 5.97 Å². The van der Waals surface area contributed by atoms with E-state index >= 15 is 0 Å². The molecule has 0 saturated carbocycles. The van der Waals surface area contributed by atoms with Gasteiger partial charge in [0, 0.05) is 23.5 Å². The number of benzene rings is 1. The van der Waals surface area contributed by atoms with E-state index in [-0.39, 0.29) is 5.56 Å². The van der Waals surface area contributed by atoms with Gasteiger partial charge in [0.25, 0.3) is 0 Å². The molecule has 2 aromatic rings. The lowest BCUT2D eigenvalue weighted by Crippen LogP contribution is -2.18. The van der Waals surface area contributed by atoms with Crippen LogP contribution in [0.25, 0.3) is 11.1 Å². The van der Waals surface area contributed by atoms with Crippen molar-refractivity contribution in [2.24, 2.45) is 0 Å². The summed E-state index contributed by atoms with van der Waals surface area (Å²) in [4.78, 5) is 14.7. The molecule has 1 aromatic heterocycles. The molecule has 0 bridgehead atoms. The molecule has 0 aliphatic carbocycles. The van der Waals surface area contributed by atoms with Gasteiger partial charge in [0.2, 0.25) is 0 Å².